The Labute approximate surface area is 157 Å². The molecule has 2 aromatic carbocycles. The molecule has 0 radical (unpaired) electrons. The van der Waals surface area contributed by atoms with Gasteiger partial charge in [-0.15, -0.1) is 0 Å². The van der Waals surface area contributed by atoms with Crippen molar-refractivity contribution in [2.24, 2.45) is 0 Å². The van der Waals surface area contributed by atoms with Crippen molar-refractivity contribution in [3.63, 3.8) is 0 Å². The highest BCUT2D eigenvalue weighted by molar-refractivity contribution is 5.82. The number of carbonyl (C=O) groups is 2. The van der Waals surface area contributed by atoms with Gasteiger partial charge in [-0.2, -0.15) is 0 Å². The molecule has 0 aliphatic carbocycles. The first-order valence-corrected chi connectivity index (χ1v) is 8.97. The van der Waals surface area contributed by atoms with Crippen LogP contribution >= 0.6 is 0 Å². The molecule has 0 spiro atoms. The van der Waals surface area contributed by atoms with Crippen LogP contribution < -0.4 is 20.9 Å². The molecule has 0 unspecified atom stereocenters. The summed E-state index contributed by atoms with van der Waals surface area (Å²) in [6, 6.07) is 13.8. The number of nitrogens with zero attached hydrogens (tertiary/aromatic N) is 1. The third-order valence-electron chi connectivity index (χ3n) is 4.41. The van der Waals surface area contributed by atoms with Crippen LogP contribution in [0, 0.1) is 5.82 Å². The van der Waals surface area contributed by atoms with Crippen LogP contribution in [-0.2, 0) is 17.8 Å². The van der Waals surface area contributed by atoms with Crippen molar-refractivity contribution in [2.75, 3.05) is 31.1 Å². The molecule has 3 rings (SSSR count). The van der Waals surface area contributed by atoms with Crippen molar-refractivity contribution in [2.45, 2.75) is 13.0 Å². The summed E-state index contributed by atoms with van der Waals surface area (Å²) in [4.78, 5) is 25.4. The fourth-order valence-electron chi connectivity index (χ4n) is 2.90. The molecule has 27 heavy (non-hydrogen) atoms. The zero-order valence-electron chi connectivity index (χ0n) is 15.0. The third kappa shape index (κ3) is 5.70. The van der Waals surface area contributed by atoms with E-state index in [1.807, 2.05) is 29.2 Å². The van der Waals surface area contributed by atoms with E-state index in [-0.39, 0.29) is 17.8 Å². The molecule has 3 N–H and O–H groups in total. The first-order valence-electron chi connectivity index (χ1n) is 8.97. The number of nitrogens with one attached hydrogen (secondary N) is 3. The van der Waals surface area contributed by atoms with Crippen LogP contribution in [0.25, 0.3) is 0 Å². The zero-order chi connectivity index (χ0) is 19.1. The predicted octanol–water partition coefficient (Wildman–Crippen LogP) is 1.80. The number of piperazine rings is 1. The molecule has 142 valence electrons. The van der Waals surface area contributed by atoms with E-state index in [9.17, 15) is 14.0 Å². The summed E-state index contributed by atoms with van der Waals surface area (Å²) in [5.41, 5.74) is 2.95. The van der Waals surface area contributed by atoms with E-state index in [4.69, 9.17) is 0 Å². The van der Waals surface area contributed by atoms with E-state index in [1.165, 1.54) is 12.1 Å². The van der Waals surface area contributed by atoms with Crippen molar-refractivity contribution >= 4 is 17.6 Å². The van der Waals surface area contributed by atoms with Gasteiger partial charge in [0.25, 0.3) is 0 Å². The smallest absolute Gasteiger partial charge is 0.315 e. The van der Waals surface area contributed by atoms with Gasteiger partial charge in [-0.25, -0.2) is 9.18 Å². The molecule has 1 saturated heterocycles. The quantitative estimate of drug-likeness (QED) is 0.726. The minimum absolute atomic E-state index is 0.0318. The van der Waals surface area contributed by atoms with Gasteiger partial charge in [0.2, 0.25) is 5.91 Å². The maximum Gasteiger partial charge on any atom is 0.315 e. The lowest BCUT2D eigenvalue weighted by molar-refractivity contribution is -0.120. The lowest BCUT2D eigenvalue weighted by Crippen LogP contribution is -2.47. The SMILES string of the molecule is O=C1CN(c2ccc(CNC(=O)NCCc3ccc(F)cc3)cc2)CCN1. The molecule has 1 heterocycles. The zero-order valence-corrected chi connectivity index (χ0v) is 15.0. The van der Waals surface area contributed by atoms with Crippen molar-refractivity contribution in [1.29, 1.82) is 0 Å². The molecule has 1 aliphatic heterocycles. The number of halogens is 1. The highest BCUT2D eigenvalue weighted by Crippen LogP contribution is 2.16. The number of urea groups is 1. The average Bonchev–Trinajstić information content (AvgIpc) is 2.68. The van der Waals surface area contributed by atoms with Crippen molar-refractivity contribution in [3.8, 4) is 0 Å². The molecular weight excluding hydrogens is 347 g/mol. The van der Waals surface area contributed by atoms with Gasteiger partial charge in [-0.05, 0) is 41.8 Å². The normalized spacial score (nSPS) is 13.8. The Kier molecular flexibility index (Phi) is 6.25. The van der Waals surface area contributed by atoms with E-state index < -0.39 is 0 Å². The number of hydrogen-bond acceptors (Lipinski definition) is 3. The lowest BCUT2D eigenvalue weighted by Gasteiger charge is -2.28. The number of rotatable bonds is 6. The molecular formula is C20H23FN4O2. The largest absolute Gasteiger partial charge is 0.360 e. The highest BCUT2D eigenvalue weighted by Gasteiger charge is 2.16. The van der Waals surface area contributed by atoms with E-state index in [0.717, 1.165) is 23.4 Å². The standard InChI is InChI=1S/C20H23FN4O2/c21-17-5-1-15(2-6-17)9-10-23-20(27)24-13-16-3-7-18(8-4-16)25-12-11-22-19(26)14-25/h1-8H,9-14H2,(H,22,26)(H2,23,24,27). The Morgan fingerprint density at radius 2 is 1.74 bits per heavy atom. The maximum absolute atomic E-state index is 12.8. The Hall–Kier alpha value is -3.09. The molecule has 1 aliphatic rings. The van der Waals surface area contributed by atoms with Crippen molar-refractivity contribution in [3.05, 3.63) is 65.5 Å². The summed E-state index contributed by atoms with van der Waals surface area (Å²) in [6.45, 7) is 2.71. The molecule has 0 bridgehead atoms. The van der Waals surface area contributed by atoms with Crippen LogP contribution in [0.2, 0.25) is 0 Å². The summed E-state index contributed by atoms with van der Waals surface area (Å²) in [6.07, 6.45) is 0.645. The molecule has 0 atom stereocenters. The van der Waals surface area contributed by atoms with E-state index >= 15 is 0 Å². The molecule has 1 fully saturated rings. The number of carbonyl (C=O) groups excluding carboxylic acids is 2. The van der Waals surface area contributed by atoms with Crippen LogP contribution in [0.4, 0.5) is 14.9 Å². The lowest BCUT2D eigenvalue weighted by atomic mass is 10.1. The van der Waals surface area contributed by atoms with Crippen molar-refractivity contribution < 1.29 is 14.0 Å². The summed E-state index contributed by atoms with van der Waals surface area (Å²) < 4.78 is 12.8. The van der Waals surface area contributed by atoms with Crippen LogP contribution in [0.3, 0.4) is 0 Å². The predicted molar refractivity (Wildman–Crippen MR) is 102 cm³/mol. The van der Waals surface area contributed by atoms with Gasteiger partial charge in [0.05, 0.1) is 6.54 Å². The fourth-order valence-corrected chi connectivity index (χ4v) is 2.90. The minimum Gasteiger partial charge on any atom is -0.360 e. The molecule has 3 amide bonds. The Balaban J connectivity index is 1.39. The summed E-state index contributed by atoms with van der Waals surface area (Å²) in [7, 11) is 0. The monoisotopic (exact) mass is 370 g/mol. The number of hydrogen-bond donors (Lipinski definition) is 3. The number of benzene rings is 2. The van der Waals surface area contributed by atoms with Gasteiger partial charge in [0, 0.05) is 31.9 Å². The third-order valence-corrected chi connectivity index (χ3v) is 4.41. The summed E-state index contributed by atoms with van der Waals surface area (Å²) >= 11 is 0. The first-order chi connectivity index (χ1) is 13.1. The van der Waals surface area contributed by atoms with Gasteiger partial charge in [-0.3, -0.25) is 4.79 Å². The Morgan fingerprint density at radius 1 is 1.04 bits per heavy atom. The van der Waals surface area contributed by atoms with E-state index in [0.29, 0.717) is 32.6 Å². The van der Waals surface area contributed by atoms with E-state index in [2.05, 4.69) is 16.0 Å². The summed E-state index contributed by atoms with van der Waals surface area (Å²) in [5.74, 6) is -0.233. The summed E-state index contributed by atoms with van der Waals surface area (Å²) in [5, 5.41) is 8.40. The number of amides is 3. The Morgan fingerprint density at radius 3 is 2.44 bits per heavy atom. The first kappa shape index (κ1) is 18.7. The average molecular weight is 370 g/mol. The van der Waals surface area contributed by atoms with Crippen LogP contribution in [0.1, 0.15) is 11.1 Å². The topological polar surface area (TPSA) is 73.5 Å². The Bertz CT molecular complexity index is 778. The highest BCUT2D eigenvalue weighted by atomic mass is 19.1. The second kappa shape index (κ2) is 9.02. The minimum atomic E-state index is -0.265. The van der Waals surface area contributed by atoms with Crippen LogP contribution in [0.15, 0.2) is 48.5 Å². The van der Waals surface area contributed by atoms with Gasteiger partial charge < -0.3 is 20.9 Å². The van der Waals surface area contributed by atoms with Gasteiger partial charge in [-0.1, -0.05) is 24.3 Å². The molecule has 6 nitrogen and oxygen atoms in total. The van der Waals surface area contributed by atoms with Crippen molar-refractivity contribution in [1.82, 2.24) is 16.0 Å². The van der Waals surface area contributed by atoms with E-state index in [1.54, 1.807) is 12.1 Å². The molecule has 7 heteroatoms. The van der Waals surface area contributed by atoms with Crippen LogP contribution in [-0.4, -0.2) is 38.1 Å². The van der Waals surface area contributed by atoms with Gasteiger partial charge >= 0.3 is 6.03 Å². The second-order valence-electron chi connectivity index (χ2n) is 6.42. The number of anilines is 1. The molecule has 2 aromatic rings. The molecule has 0 aromatic heterocycles. The van der Waals surface area contributed by atoms with Gasteiger partial charge in [0.1, 0.15) is 5.82 Å². The van der Waals surface area contributed by atoms with Gasteiger partial charge in [0.15, 0.2) is 0 Å². The maximum atomic E-state index is 12.8. The molecule has 0 saturated carbocycles. The second-order valence-corrected chi connectivity index (χ2v) is 6.42. The van der Waals surface area contributed by atoms with Crippen LogP contribution in [0.5, 0.6) is 0 Å². The fraction of sp³-hybridized carbons (Fsp3) is 0.300.